The third kappa shape index (κ3) is 3.30. The van der Waals surface area contributed by atoms with Gasteiger partial charge in [-0.25, -0.2) is 9.78 Å². The Labute approximate surface area is 185 Å². The Morgan fingerprint density at radius 1 is 1.16 bits per heavy atom. The molecule has 5 aromatic rings. The number of esters is 1. The number of hydrogen-bond acceptors (Lipinski definition) is 8. The Morgan fingerprint density at radius 2 is 2.00 bits per heavy atom. The molecule has 0 aliphatic heterocycles. The van der Waals surface area contributed by atoms with Crippen LogP contribution in [0.5, 0.6) is 0 Å². The molecule has 0 aliphatic carbocycles. The van der Waals surface area contributed by atoms with Crippen LogP contribution >= 0.6 is 11.3 Å². The van der Waals surface area contributed by atoms with E-state index >= 15 is 0 Å². The smallest absolute Gasteiger partial charge is 0.359 e. The summed E-state index contributed by atoms with van der Waals surface area (Å²) < 4.78 is 10.1. The summed E-state index contributed by atoms with van der Waals surface area (Å²) in [6.45, 7) is 3.77. The van der Waals surface area contributed by atoms with E-state index in [2.05, 4.69) is 25.7 Å². The summed E-state index contributed by atoms with van der Waals surface area (Å²) in [6.07, 6.45) is 0. The van der Waals surface area contributed by atoms with Gasteiger partial charge in [0, 0.05) is 16.0 Å². The molecule has 4 aromatic heterocycles. The quantitative estimate of drug-likeness (QED) is 0.389. The molecular weight excluding hydrogens is 430 g/mol. The minimum atomic E-state index is -0.563. The molecule has 4 heterocycles. The number of nitrogens with zero attached hydrogens (tertiary/aromatic N) is 3. The van der Waals surface area contributed by atoms with Crippen molar-refractivity contribution in [2.75, 3.05) is 12.4 Å². The first-order valence-electron chi connectivity index (χ1n) is 9.66. The van der Waals surface area contributed by atoms with Crippen LogP contribution in [0.4, 0.5) is 5.69 Å². The van der Waals surface area contributed by atoms with Crippen LogP contribution < -0.4 is 5.32 Å². The molecule has 0 saturated heterocycles. The van der Waals surface area contributed by atoms with Crippen molar-refractivity contribution in [2.45, 2.75) is 13.8 Å². The lowest BCUT2D eigenvalue weighted by Crippen LogP contribution is -2.13. The highest BCUT2D eigenvalue weighted by atomic mass is 32.1. The zero-order valence-electron chi connectivity index (χ0n) is 17.3. The molecule has 2 N–H and O–H groups in total. The summed E-state index contributed by atoms with van der Waals surface area (Å²) >= 11 is 1.58. The molecule has 1 aromatic carbocycles. The van der Waals surface area contributed by atoms with Crippen LogP contribution in [0.15, 0.2) is 40.9 Å². The number of H-pyrrole nitrogens is 1. The predicted molar refractivity (Wildman–Crippen MR) is 120 cm³/mol. The highest BCUT2D eigenvalue weighted by molar-refractivity contribution is 7.15. The molecule has 0 spiro atoms. The summed E-state index contributed by atoms with van der Waals surface area (Å²) in [6, 6.07) is 10.8. The molecule has 0 saturated carbocycles. The molecule has 160 valence electrons. The van der Waals surface area contributed by atoms with Gasteiger partial charge in [-0.3, -0.25) is 9.89 Å². The number of fused-ring (bicyclic) bond motifs is 2. The molecule has 0 bridgehead atoms. The summed E-state index contributed by atoms with van der Waals surface area (Å²) in [5, 5.41) is 14.8. The fourth-order valence-corrected chi connectivity index (χ4v) is 4.34. The average molecular weight is 447 g/mol. The van der Waals surface area contributed by atoms with E-state index in [1.165, 1.54) is 7.11 Å². The van der Waals surface area contributed by atoms with Gasteiger partial charge in [-0.05, 0) is 50.2 Å². The molecule has 0 aliphatic rings. The zero-order chi connectivity index (χ0) is 22.4. The second-order valence-electron chi connectivity index (χ2n) is 7.19. The van der Waals surface area contributed by atoms with Crippen LogP contribution in [0.2, 0.25) is 0 Å². The van der Waals surface area contributed by atoms with Gasteiger partial charge in [-0.15, -0.1) is 11.3 Å². The lowest BCUT2D eigenvalue weighted by molar-refractivity contribution is 0.0596. The number of hydrogen-bond donors (Lipinski definition) is 2. The fraction of sp³-hybridized carbons (Fsp3) is 0.136. The lowest BCUT2D eigenvalue weighted by atomic mass is 10.1. The number of rotatable bonds is 4. The predicted octanol–water partition coefficient (Wildman–Crippen LogP) is 4.48. The van der Waals surface area contributed by atoms with E-state index in [1.54, 1.807) is 42.5 Å². The third-order valence-corrected chi connectivity index (χ3v) is 6.08. The summed E-state index contributed by atoms with van der Waals surface area (Å²) in [5.41, 5.74) is 3.21. The molecule has 32 heavy (non-hydrogen) atoms. The van der Waals surface area contributed by atoms with Crippen LogP contribution in [-0.4, -0.2) is 39.3 Å². The zero-order valence-corrected chi connectivity index (χ0v) is 18.2. The van der Waals surface area contributed by atoms with Crippen molar-refractivity contribution in [2.24, 2.45) is 0 Å². The molecule has 5 rings (SSSR count). The maximum Gasteiger partial charge on any atom is 0.359 e. The minimum Gasteiger partial charge on any atom is -0.464 e. The highest BCUT2D eigenvalue weighted by Gasteiger charge is 2.21. The average Bonchev–Trinajstić information content (AvgIpc) is 3.51. The first kappa shape index (κ1) is 19.9. The maximum absolute atomic E-state index is 13.3. The van der Waals surface area contributed by atoms with Crippen molar-refractivity contribution in [1.82, 2.24) is 20.3 Å². The van der Waals surface area contributed by atoms with Crippen LogP contribution in [0, 0.1) is 13.8 Å². The largest absolute Gasteiger partial charge is 0.464 e. The number of methoxy groups -OCH3 is 1. The van der Waals surface area contributed by atoms with Gasteiger partial charge in [0.2, 0.25) is 0 Å². The Hall–Kier alpha value is -4.05. The number of aromatic amines is 1. The van der Waals surface area contributed by atoms with E-state index in [0.29, 0.717) is 44.6 Å². The Morgan fingerprint density at radius 3 is 2.75 bits per heavy atom. The number of pyridine rings is 1. The molecule has 0 fully saturated rings. The van der Waals surface area contributed by atoms with E-state index < -0.39 is 5.97 Å². The van der Waals surface area contributed by atoms with E-state index in [0.717, 1.165) is 9.75 Å². The van der Waals surface area contributed by atoms with Crippen molar-refractivity contribution in [1.29, 1.82) is 0 Å². The van der Waals surface area contributed by atoms with Crippen LogP contribution in [0.25, 0.3) is 32.6 Å². The number of nitrogens with one attached hydrogen (secondary N) is 2. The van der Waals surface area contributed by atoms with Gasteiger partial charge in [0.25, 0.3) is 11.6 Å². The molecular formula is C22H17N5O4S. The first-order chi connectivity index (χ1) is 15.4. The van der Waals surface area contributed by atoms with Crippen molar-refractivity contribution in [3.05, 3.63) is 58.2 Å². The molecule has 0 unspecified atom stereocenters. The topological polar surface area (TPSA) is 123 Å². The van der Waals surface area contributed by atoms with Gasteiger partial charge in [-0.1, -0.05) is 5.16 Å². The number of carbonyl (C=O) groups is 2. The van der Waals surface area contributed by atoms with Crippen molar-refractivity contribution in [3.63, 3.8) is 0 Å². The van der Waals surface area contributed by atoms with Crippen LogP contribution in [0.1, 0.15) is 31.4 Å². The number of carbonyl (C=O) groups excluding carboxylic acids is 2. The number of amides is 1. The molecule has 1 amide bonds. The second kappa shape index (κ2) is 7.57. The maximum atomic E-state index is 13.3. The third-order valence-electron chi connectivity index (χ3n) is 5.05. The Balaban J connectivity index is 1.56. The number of ether oxygens (including phenoxy) is 1. The van der Waals surface area contributed by atoms with E-state index in [9.17, 15) is 9.59 Å². The van der Waals surface area contributed by atoms with Gasteiger partial charge >= 0.3 is 5.97 Å². The van der Waals surface area contributed by atoms with Gasteiger partial charge in [-0.2, -0.15) is 5.10 Å². The summed E-state index contributed by atoms with van der Waals surface area (Å²) in [7, 11) is 1.29. The SMILES string of the molecule is COC(=O)c1n[nH]c2ccc(NC(=O)c3cc(-c4ccc(C)s4)nc4onc(C)c34)cc12. The number of thiophene rings is 1. The van der Waals surface area contributed by atoms with Gasteiger partial charge in [0.15, 0.2) is 5.69 Å². The van der Waals surface area contributed by atoms with Gasteiger partial charge in [0.05, 0.1) is 39.8 Å². The standard InChI is InChI=1S/C22H17N5O4S/c1-10-4-7-17(32-10)16-9-14(18-11(2)27-31-21(18)24-16)20(28)23-12-5-6-15-13(8-12)19(26-25-15)22(29)30-3/h4-9H,1-3H3,(H,23,28)(H,25,26). The highest BCUT2D eigenvalue weighted by Crippen LogP contribution is 2.31. The monoisotopic (exact) mass is 447 g/mol. The normalized spacial score (nSPS) is 11.2. The minimum absolute atomic E-state index is 0.148. The molecule has 0 radical (unpaired) electrons. The van der Waals surface area contributed by atoms with Crippen molar-refractivity contribution >= 4 is 50.9 Å². The van der Waals surface area contributed by atoms with Gasteiger partial charge in [0.1, 0.15) is 0 Å². The number of aryl methyl sites for hydroxylation is 2. The van der Waals surface area contributed by atoms with Crippen LogP contribution in [0.3, 0.4) is 0 Å². The van der Waals surface area contributed by atoms with E-state index in [4.69, 9.17) is 9.26 Å². The number of aromatic nitrogens is 4. The molecule has 9 nitrogen and oxygen atoms in total. The van der Waals surface area contributed by atoms with E-state index in [1.807, 2.05) is 19.1 Å². The van der Waals surface area contributed by atoms with E-state index in [-0.39, 0.29) is 11.6 Å². The fourth-order valence-electron chi connectivity index (χ4n) is 3.51. The molecule has 0 atom stereocenters. The summed E-state index contributed by atoms with van der Waals surface area (Å²) in [4.78, 5) is 31.9. The summed E-state index contributed by atoms with van der Waals surface area (Å²) in [5.74, 6) is -0.910. The number of benzene rings is 1. The Bertz CT molecular complexity index is 1510. The van der Waals surface area contributed by atoms with Crippen molar-refractivity contribution < 1.29 is 18.8 Å². The molecule has 10 heteroatoms. The Kier molecular flexibility index (Phi) is 4.71. The lowest BCUT2D eigenvalue weighted by Gasteiger charge is -2.08. The van der Waals surface area contributed by atoms with Gasteiger partial charge < -0.3 is 14.6 Å². The van der Waals surface area contributed by atoms with Crippen molar-refractivity contribution in [3.8, 4) is 10.6 Å². The number of anilines is 1. The first-order valence-corrected chi connectivity index (χ1v) is 10.5. The van der Waals surface area contributed by atoms with Crippen LogP contribution in [-0.2, 0) is 4.74 Å². The second-order valence-corrected chi connectivity index (χ2v) is 8.48.